The molecule has 0 aliphatic rings. The molecule has 0 unspecified atom stereocenters. The van der Waals surface area contributed by atoms with Gasteiger partial charge in [0.05, 0.1) is 11.2 Å². The molecule has 4 nitrogen and oxygen atoms in total. The number of hydrogen-bond donors (Lipinski definition) is 1. The third-order valence-corrected chi connectivity index (χ3v) is 2.44. The molecular formula is C12H7ClFNO3. The van der Waals surface area contributed by atoms with Crippen molar-refractivity contribution in [2.24, 2.45) is 0 Å². The standard InChI is InChI=1S/C12H7ClFNO3/c13-8-2-1-3-9(11(8)14)18-10-6-15-5-4-7(10)12(16)17/h1-6H,(H,16,17). The lowest BCUT2D eigenvalue weighted by Crippen LogP contribution is -2.01. The molecule has 1 heterocycles. The maximum Gasteiger partial charge on any atom is 0.339 e. The molecule has 0 aliphatic heterocycles. The second kappa shape index (κ2) is 5.01. The third kappa shape index (κ3) is 2.41. The number of aromatic carboxylic acids is 1. The monoisotopic (exact) mass is 267 g/mol. The zero-order valence-corrected chi connectivity index (χ0v) is 9.69. The summed E-state index contributed by atoms with van der Waals surface area (Å²) in [4.78, 5) is 14.7. The molecule has 18 heavy (non-hydrogen) atoms. The van der Waals surface area contributed by atoms with E-state index in [-0.39, 0.29) is 22.1 Å². The zero-order chi connectivity index (χ0) is 13.1. The summed E-state index contributed by atoms with van der Waals surface area (Å²) in [7, 11) is 0. The van der Waals surface area contributed by atoms with Crippen molar-refractivity contribution < 1.29 is 19.0 Å². The molecule has 1 aromatic heterocycles. The van der Waals surface area contributed by atoms with Gasteiger partial charge in [-0.1, -0.05) is 17.7 Å². The van der Waals surface area contributed by atoms with Crippen molar-refractivity contribution >= 4 is 17.6 Å². The van der Waals surface area contributed by atoms with Crippen molar-refractivity contribution in [3.63, 3.8) is 0 Å². The van der Waals surface area contributed by atoms with Crippen molar-refractivity contribution in [1.29, 1.82) is 0 Å². The minimum absolute atomic E-state index is 0.0498. The predicted octanol–water partition coefficient (Wildman–Crippen LogP) is 3.36. The van der Waals surface area contributed by atoms with Crippen molar-refractivity contribution in [3.05, 3.63) is 53.1 Å². The Balaban J connectivity index is 2.40. The normalized spacial score (nSPS) is 10.1. The zero-order valence-electron chi connectivity index (χ0n) is 8.93. The first kappa shape index (κ1) is 12.3. The molecule has 6 heteroatoms. The van der Waals surface area contributed by atoms with Gasteiger partial charge in [0.1, 0.15) is 5.56 Å². The van der Waals surface area contributed by atoms with E-state index in [9.17, 15) is 9.18 Å². The summed E-state index contributed by atoms with van der Waals surface area (Å²) in [6.07, 6.45) is 2.51. The fourth-order valence-electron chi connectivity index (χ4n) is 1.32. The number of carbonyl (C=O) groups is 1. The summed E-state index contributed by atoms with van der Waals surface area (Å²) in [5.41, 5.74) is -0.107. The second-order valence-corrected chi connectivity index (χ2v) is 3.74. The van der Waals surface area contributed by atoms with Gasteiger partial charge in [-0.3, -0.25) is 4.98 Å². The molecule has 0 aliphatic carbocycles. The van der Waals surface area contributed by atoms with Crippen LogP contribution in [0.25, 0.3) is 0 Å². The van der Waals surface area contributed by atoms with Crippen LogP contribution in [-0.4, -0.2) is 16.1 Å². The highest BCUT2D eigenvalue weighted by Crippen LogP contribution is 2.30. The average Bonchev–Trinajstić information content (AvgIpc) is 2.35. The Hall–Kier alpha value is -2.14. The van der Waals surface area contributed by atoms with Gasteiger partial charge in [-0.15, -0.1) is 0 Å². The molecule has 0 bridgehead atoms. The lowest BCUT2D eigenvalue weighted by Gasteiger charge is -2.09. The van der Waals surface area contributed by atoms with E-state index in [1.807, 2.05) is 0 Å². The Morgan fingerprint density at radius 3 is 2.83 bits per heavy atom. The number of carboxylic acids is 1. The summed E-state index contributed by atoms with van der Waals surface area (Å²) < 4.78 is 18.8. The maximum atomic E-state index is 13.6. The van der Waals surface area contributed by atoms with Crippen molar-refractivity contribution in [2.75, 3.05) is 0 Å². The smallest absolute Gasteiger partial charge is 0.339 e. The van der Waals surface area contributed by atoms with Crippen LogP contribution in [0.1, 0.15) is 10.4 Å². The Bertz CT molecular complexity index is 604. The largest absolute Gasteiger partial charge is 0.478 e. The quantitative estimate of drug-likeness (QED) is 0.926. The second-order valence-electron chi connectivity index (χ2n) is 3.33. The fraction of sp³-hybridized carbons (Fsp3) is 0. The number of aromatic nitrogens is 1. The van der Waals surface area contributed by atoms with Gasteiger partial charge in [-0.2, -0.15) is 0 Å². The van der Waals surface area contributed by atoms with E-state index in [1.165, 1.54) is 36.7 Å². The van der Waals surface area contributed by atoms with E-state index in [2.05, 4.69) is 4.98 Å². The lowest BCUT2D eigenvalue weighted by molar-refractivity contribution is 0.0694. The summed E-state index contributed by atoms with van der Waals surface area (Å²) in [5.74, 6) is -2.14. The van der Waals surface area contributed by atoms with Gasteiger partial charge in [0, 0.05) is 6.20 Å². The average molecular weight is 268 g/mol. The molecular weight excluding hydrogens is 261 g/mol. The molecule has 2 aromatic rings. The minimum atomic E-state index is -1.19. The Labute approximate surface area is 107 Å². The van der Waals surface area contributed by atoms with E-state index in [0.717, 1.165) is 0 Å². The highest BCUT2D eigenvalue weighted by atomic mass is 35.5. The van der Waals surface area contributed by atoms with E-state index in [0.29, 0.717) is 0 Å². The molecule has 0 amide bonds. The first-order chi connectivity index (χ1) is 8.59. The molecule has 0 fully saturated rings. The fourth-order valence-corrected chi connectivity index (χ4v) is 1.49. The van der Waals surface area contributed by atoms with Crippen LogP contribution >= 0.6 is 11.6 Å². The number of carboxylic acid groups (broad SMARTS) is 1. The maximum absolute atomic E-state index is 13.6. The van der Waals surface area contributed by atoms with Gasteiger partial charge >= 0.3 is 5.97 Å². The van der Waals surface area contributed by atoms with E-state index >= 15 is 0 Å². The van der Waals surface area contributed by atoms with Crippen molar-refractivity contribution in [1.82, 2.24) is 4.98 Å². The Morgan fingerprint density at radius 2 is 2.11 bits per heavy atom. The molecule has 2 rings (SSSR count). The SMILES string of the molecule is O=C(O)c1ccncc1Oc1cccc(Cl)c1F. The van der Waals surface area contributed by atoms with Crippen LogP contribution in [0.15, 0.2) is 36.7 Å². The molecule has 92 valence electrons. The summed E-state index contributed by atoms with van der Waals surface area (Å²) in [5, 5.41) is 8.84. The molecule has 0 spiro atoms. The Morgan fingerprint density at radius 1 is 1.33 bits per heavy atom. The molecule has 0 saturated carbocycles. The van der Waals surface area contributed by atoms with Crippen LogP contribution in [-0.2, 0) is 0 Å². The number of ether oxygens (including phenoxy) is 1. The molecule has 1 aromatic carbocycles. The molecule has 0 atom stereocenters. The summed E-state index contributed by atoms with van der Waals surface area (Å²) >= 11 is 5.60. The number of rotatable bonds is 3. The number of pyridine rings is 1. The van der Waals surface area contributed by atoms with Gasteiger partial charge in [0.25, 0.3) is 0 Å². The van der Waals surface area contributed by atoms with Crippen molar-refractivity contribution in [3.8, 4) is 11.5 Å². The van der Waals surface area contributed by atoms with Crippen LogP contribution in [0.2, 0.25) is 5.02 Å². The van der Waals surface area contributed by atoms with Gasteiger partial charge in [-0.25, -0.2) is 9.18 Å². The highest BCUT2D eigenvalue weighted by Gasteiger charge is 2.14. The first-order valence-corrected chi connectivity index (χ1v) is 5.26. The van der Waals surface area contributed by atoms with E-state index < -0.39 is 11.8 Å². The summed E-state index contributed by atoms with van der Waals surface area (Å²) in [6, 6.07) is 5.47. The Kier molecular flexibility index (Phi) is 3.43. The third-order valence-electron chi connectivity index (χ3n) is 2.15. The van der Waals surface area contributed by atoms with Crippen LogP contribution in [0, 0.1) is 5.82 Å². The van der Waals surface area contributed by atoms with Crippen LogP contribution in [0.4, 0.5) is 4.39 Å². The van der Waals surface area contributed by atoms with Gasteiger partial charge in [0.2, 0.25) is 0 Å². The number of halogens is 2. The van der Waals surface area contributed by atoms with Crippen LogP contribution < -0.4 is 4.74 Å². The highest BCUT2D eigenvalue weighted by molar-refractivity contribution is 6.30. The van der Waals surface area contributed by atoms with Crippen molar-refractivity contribution in [2.45, 2.75) is 0 Å². The van der Waals surface area contributed by atoms with Gasteiger partial charge < -0.3 is 9.84 Å². The molecule has 0 radical (unpaired) electrons. The van der Waals surface area contributed by atoms with E-state index in [4.69, 9.17) is 21.4 Å². The van der Waals surface area contributed by atoms with Gasteiger partial charge in [-0.05, 0) is 18.2 Å². The molecule has 1 N–H and O–H groups in total. The number of benzene rings is 1. The number of hydrogen-bond acceptors (Lipinski definition) is 3. The lowest BCUT2D eigenvalue weighted by atomic mass is 10.2. The summed E-state index contributed by atoms with van der Waals surface area (Å²) in [6.45, 7) is 0. The minimum Gasteiger partial charge on any atom is -0.478 e. The predicted molar refractivity (Wildman–Crippen MR) is 62.7 cm³/mol. The number of nitrogens with zero attached hydrogens (tertiary/aromatic N) is 1. The van der Waals surface area contributed by atoms with Crippen LogP contribution in [0.5, 0.6) is 11.5 Å². The van der Waals surface area contributed by atoms with E-state index in [1.54, 1.807) is 0 Å². The topological polar surface area (TPSA) is 59.4 Å². The molecule has 0 saturated heterocycles. The van der Waals surface area contributed by atoms with Crippen LogP contribution in [0.3, 0.4) is 0 Å². The van der Waals surface area contributed by atoms with Gasteiger partial charge in [0.15, 0.2) is 17.3 Å². The first-order valence-electron chi connectivity index (χ1n) is 4.89.